The first-order valence-electron chi connectivity index (χ1n) is 8.17. The summed E-state index contributed by atoms with van der Waals surface area (Å²) < 4.78 is 32.4. The van der Waals surface area contributed by atoms with Crippen molar-refractivity contribution < 1.29 is 17.7 Å². The molecule has 28 heavy (non-hydrogen) atoms. The molecular weight excluding hydrogens is 424 g/mol. The highest BCUT2D eigenvalue weighted by molar-refractivity contribution is 7.89. The summed E-state index contributed by atoms with van der Waals surface area (Å²) in [7, 11) is -3.87. The van der Waals surface area contributed by atoms with Crippen LogP contribution in [0.5, 0.6) is 0 Å². The van der Waals surface area contributed by atoms with E-state index in [2.05, 4.69) is 20.2 Å². The first-order chi connectivity index (χ1) is 13.3. The Morgan fingerprint density at radius 3 is 2.71 bits per heavy atom. The van der Waals surface area contributed by atoms with Crippen LogP contribution in [0.3, 0.4) is 0 Å². The second-order valence-electron chi connectivity index (χ2n) is 5.86. The maximum atomic E-state index is 12.6. The fourth-order valence-electron chi connectivity index (χ4n) is 2.38. The average Bonchev–Trinajstić information content (AvgIpc) is 3.25. The normalized spacial score (nSPS) is 11.5. The summed E-state index contributed by atoms with van der Waals surface area (Å²) in [6, 6.07) is 8.55. The number of hydrogen-bond donors (Lipinski definition) is 2. The minimum absolute atomic E-state index is 0.0776. The first-order valence-corrected chi connectivity index (χ1v) is 10.8. The van der Waals surface area contributed by atoms with Crippen molar-refractivity contribution >= 4 is 38.9 Å². The van der Waals surface area contributed by atoms with Gasteiger partial charge in [-0.25, -0.2) is 13.1 Å². The van der Waals surface area contributed by atoms with Crippen LogP contribution in [0.25, 0.3) is 10.7 Å². The summed E-state index contributed by atoms with van der Waals surface area (Å²) in [6.45, 7) is 3.14. The average molecular weight is 441 g/mol. The molecule has 2 aromatic heterocycles. The van der Waals surface area contributed by atoms with Gasteiger partial charge in [0.1, 0.15) is 0 Å². The Labute approximate surface area is 171 Å². The molecule has 0 bridgehead atoms. The quantitative estimate of drug-likeness (QED) is 0.583. The number of nitrogens with zero attached hydrogens (tertiary/aromatic N) is 2. The number of rotatable bonds is 7. The third-order valence-electron chi connectivity index (χ3n) is 3.77. The van der Waals surface area contributed by atoms with Crippen molar-refractivity contribution in [3.8, 4) is 10.7 Å². The van der Waals surface area contributed by atoms with Crippen LogP contribution in [-0.4, -0.2) is 31.0 Å². The lowest BCUT2D eigenvalue weighted by Crippen LogP contribution is -2.36. The minimum atomic E-state index is -3.87. The Kier molecular flexibility index (Phi) is 6.14. The molecule has 0 spiro atoms. The number of sulfonamides is 1. The molecule has 0 aliphatic rings. The smallest absolute Gasteiger partial charge is 0.242 e. The molecule has 0 fully saturated rings. The molecule has 0 saturated carbocycles. The van der Waals surface area contributed by atoms with Gasteiger partial charge in [-0.05, 0) is 24.6 Å². The van der Waals surface area contributed by atoms with Crippen LogP contribution in [-0.2, 0) is 21.4 Å². The lowest BCUT2D eigenvalue weighted by Gasteiger charge is -2.08. The summed E-state index contributed by atoms with van der Waals surface area (Å²) in [5.74, 6) is 0.244. The van der Waals surface area contributed by atoms with Crippen molar-refractivity contribution in [2.45, 2.75) is 25.3 Å². The second-order valence-corrected chi connectivity index (χ2v) is 9.26. The Morgan fingerprint density at radius 1 is 1.29 bits per heavy atom. The topological polar surface area (TPSA) is 114 Å². The molecule has 1 amide bonds. The number of carbonyl (C=O) groups excluding carboxylic acids is 1. The lowest BCUT2D eigenvalue weighted by atomic mass is 10.2. The van der Waals surface area contributed by atoms with Gasteiger partial charge in [0.05, 0.1) is 16.3 Å². The van der Waals surface area contributed by atoms with Crippen LogP contribution in [0.2, 0.25) is 5.02 Å². The van der Waals surface area contributed by atoms with Gasteiger partial charge in [-0.15, -0.1) is 11.3 Å². The third kappa shape index (κ3) is 4.76. The minimum Gasteiger partial charge on any atom is -0.351 e. The van der Waals surface area contributed by atoms with E-state index >= 15 is 0 Å². The fourth-order valence-corrected chi connectivity index (χ4v) is 5.08. The predicted octanol–water partition coefficient (Wildman–Crippen LogP) is 2.66. The van der Waals surface area contributed by atoms with Crippen LogP contribution < -0.4 is 10.0 Å². The Morgan fingerprint density at radius 2 is 2.04 bits per heavy atom. The molecule has 3 rings (SSSR count). The monoisotopic (exact) mass is 440 g/mol. The van der Waals surface area contributed by atoms with Gasteiger partial charge in [0.15, 0.2) is 0 Å². The summed E-state index contributed by atoms with van der Waals surface area (Å²) in [4.78, 5) is 17.3. The summed E-state index contributed by atoms with van der Waals surface area (Å²) in [5, 5.41) is 6.95. The van der Waals surface area contributed by atoms with Crippen LogP contribution in [0.15, 0.2) is 39.8 Å². The predicted molar refractivity (Wildman–Crippen MR) is 106 cm³/mol. The van der Waals surface area contributed by atoms with Crippen molar-refractivity contribution in [2.75, 3.05) is 6.54 Å². The highest BCUT2D eigenvalue weighted by Gasteiger charge is 2.22. The summed E-state index contributed by atoms with van der Waals surface area (Å²) in [6.07, 6.45) is 0. The molecule has 0 saturated heterocycles. The van der Waals surface area contributed by atoms with E-state index in [1.807, 2.05) is 0 Å². The second kappa shape index (κ2) is 8.39. The van der Waals surface area contributed by atoms with E-state index in [-0.39, 0.29) is 11.4 Å². The zero-order valence-electron chi connectivity index (χ0n) is 15.0. The molecule has 3 aromatic rings. The Bertz CT molecular complexity index is 1110. The number of amides is 1. The van der Waals surface area contributed by atoms with E-state index < -0.39 is 22.5 Å². The van der Waals surface area contributed by atoms with E-state index in [0.717, 1.165) is 5.56 Å². The molecule has 1 aromatic carbocycles. The highest BCUT2D eigenvalue weighted by atomic mass is 35.5. The van der Waals surface area contributed by atoms with Gasteiger partial charge < -0.3 is 9.84 Å². The fraction of sp³-hybridized carbons (Fsp3) is 0.235. The van der Waals surface area contributed by atoms with Gasteiger partial charge in [-0.3, -0.25) is 4.79 Å². The summed E-state index contributed by atoms with van der Waals surface area (Å²) in [5.41, 5.74) is 0.745. The molecule has 11 heteroatoms. The lowest BCUT2D eigenvalue weighted by molar-refractivity contribution is -0.120. The molecule has 148 valence electrons. The zero-order chi connectivity index (χ0) is 20.3. The molecule has 0 unspecified atom stereocenters. The number of carbonyl (C=O) groups is 1. The van der Waals surface area contributed by atoms with Gasteiger partial charge >= 0.3 is 0 Å². The van der Waals surface area contributed by atoms with E-state index in [1.54, 1.807) is 38.1 Å². The van der Waals surface area contributed by atoms with E-state index in [4.69, 9.17) is 16.1 Å². The number of halogens is 1. The van der Waals surface area contributed by atoms with Crippen LogP contribution >= 0.6 is 22.9 Å². The molecular formula is C17H17ClN4O4S2. The van der Waals surface area contributed by atoms with E-state index in [0.29, 0.717) is 26.5 Å². The van der Waals surface area contributed by atoms with Gasteiger partial charge in [0.25, 0.3) is 0 Å². The van der Waals surface area contributed by atoms with Crippen molar-refractivity contribution in [1.82, 2.24) is 20.2 Å². The van der Waals surface area contributed by atoms with E-state index in [9.17, 15) is 13.2 Å². The van der Waals surface area contributed by atoms with Crippen LogP contribution in [0.1, 0.15) is 16.3 Å². The number of aryl methyl sites for hydroxylation is 2. The molecule has 0 aliphatic carbocycles. The number of benzene rings is 1. The molecule has 2 heterocycles. The molecule has 0 radical (unpaired) electrons. The molecule has 8 nitrogen and oxygen atoms in total. The number of aromatic nitrogens is 2. The van der Waals surface area contributed by atoms with E-state index in [1.165, 1.54) is 17.4 Å². The zero-order valence-corrected chi connectivity index (χ0v) is 17.4. The number of nitrogens with one attached hydrogen (secondary N) is 2. The van der Waals surface area contributed by atoms with Crippen molar-refractivity contribution in [3.05, 3.63) is 51.7 Å². The van der Waals surface area contributed by atoms with Gasteiger partial charge in [0, 0.05) is 23.4 Å². The summed E-state index contributed by atoms with van der Waals surface area (Å²) >= 11 is 7.26. The van der Waals surface area contributed by atoms with Gasteiger partial charge in [0.2, 0.25) is 27.6 Å². The van der Waals surface area contributed by atoms with Gasteiger partial charge in [-0.1, -0.05) is 35.0 Å². The maximum absolute atomic E-state index is 12.6. The molecule has 0 atom stereocenters. The standard InChI is InChI=1S/C17H17ClN4O4S2/c1-10-15(7-14(27-10)17-21-11(2)26-22-17)28(24,25)20-9-16(23)19-8-12-5-3-4-6-13(12)18/h3-7,20H,8-9H2,1-2H3,(H,19,23). The van der Waals surface area contributed by atoms with Crippen molar-refractivity contribution in [3.63, 3.8) is 0 Å². The van der Waals surface area contributed by atoms with Crippen molar-refractivity contribution in [1.29, 1.82) is 0 Å². The maximum Gasteiger partial charge on any atom is 0.242 e. The molecule has 0 aliphatic heterocycles. The SMILES string of the molecule is Cc1nc(-c2cc(S(=O)(=O)NCC(=O)NCc3ccccc3Cl)c(C)s2)no1. The first kappa shape index (κ1) is 20.5. The number of thiophene rings is 1. The van der Waals surface area contributed by atoms with Crippen LogP contribution in [0, 0.1) is 13.8 Å². The highest BCUT2D eigenvalue weighted by Crippen LogP contribution is 2.31. The van der Waals surface area contributed by atoms with Crippen molar-refractivity contribution in [2.24, 2.45) is 0 Å². The van der Waals surface area contributed by atoms with Crippen LogP contribution in [0.4, 0.5) is 0 Å². The van der Waals surface area contributed by atoms with Gasteiger partial charge in [-0.2, -0.15) is 4.98 Å². The Balaban J connectivity index is 1.63. The Hall–Kier alpha value is -2.27. The molecule has 2 N–H and O–H groups in total. The number of hydrogen-bond acceptors (Lipinski definition) is 7. The largest absolute Gasteiger partial charge is 0.351 e. The third-order valence-corrected chi connectivity index (χ3v) is 6.84.